The highest BCUT2D eigenvalue weighted by Gasteiger charge is 2.26. The van der Waals surface area contributed by atoms with Crippen LogP contribution in [0.4, 0.5) is 5.95 Å². The molecule has 2 unspecified atom stereocenters. The van der Waals surface area contributed by atoms with Crippen molar-refractivity contribution in [3.05, 3.63) is 12.4 Å². The van der Waals surface area contributed by atoms with Gasteiger partial charge < -0.3 is 9.88 Å². The van der Waals surface area contributed by atoms with E-state index in [0.717, 1.165) is 11.8 Å². The second-order valence-corrected chi connectivity index (χ2v) is 4.27. The van der Waals surface area contributed by atoms with E-state index in [0.29, 0.717) is 12.0 Å². The number of nitrogens with one attached hydrogen (secondary N) is 1. The maximum absolute atomic E-state index is 5.92. The Hall–Kier alpha value is -0.700. The molecule has 0 aliphatic heterocycles. The Kier molecular flexibility index (Phi) is 2.96. The molecule has 0 aromatic carbocycles. The Morgan fingerprint density at radius 3 is 3.14 bits per heavy atom. The summed E-state index contributed by atoms with van der Waals surface area (Å²) in [6.45, 7) is 0. The maximum atomic E-state index is 5.92. The molecule has 14 heavy (non-hydrogen) atoms. The molecule has 1 aliphatic rings. The minimum Gasteiger partial charge on any atom is -0.353 e. The number of hydrogen-bond donors (Lipinski definition) is 1. The molecule has 1 aromatic heterocycles. The van der Waals surface area contributed by atoms with Crippen LogP contribution in [-0.2, 0) is 7.05 Å². The molecule has 0 radical (unpaired) electrons. The number of anilines is 1. The molecule has 4 heteroatoms. The first-order valence-corrected chi connectivity index (χ1v) is 5.64. The summed E-state index contributed by atoms with van der Waals surface area (Å²) >= 11 is 5.92. The Balaban J connectivity index is 2.00. The maximum Gasteiger partial charge on any atom is 0.202 e. The SMILES string of the molecule is Cn1ccnc1NC1CCCC1CCl. The van der Waals surface area contributed by atoms with Gasteiger partial charge in [0.25, 0.3) is 0 Å². The van der Waals surface area contributed by atoms with E-state index in [2.05, 4.69) is 10.3 Å². The van der Waals surface area contributed by atoms with E-state index in [1.807, 2.05) is 24.0 Å². The monoisotopic (exact) mass is 213 g/mol. The molecule has 0 bridgehead atoms. The molecule has 1 aliphatic carbocycles. The van der Waals surface area contributed by atoms with E-state index in [4.69, 9.17) is 11.6 Å². The lowest BCUT2D eigenvalue weighted by Crippen LogP contribution is -2.26. The van der Waals surface area contributed by atoms with Gasteiger partial charge in [0.1, 0.15) is 0 Å². The molecule has 78 valence electrons. The zero-order valence-corrected chi connectivity index (χ0v) is 9.17. The van der Waals surface area contributed by atoms with Crippen molar-refractivity contribution in [2.75, 3.05) is 11.2 Å². The predicted molar refractivity (Wildman–Crippen MR) is 58.7 cm³/mol. The van der Waals surface area contributed by atoms with Gasteiger partial charge in [-0.2, -0.15) is 0 Å². The largest absolute Gasteiger partial charge is 0.353 e. The van der Waals surface area contributed by atoms with Crippen molar-refractivity contribution in [1.82, 2.24) is 9.55 Å². The molecule has 0 amide bonds. The van der Waals surface area contributed by atoms with Crippen molar-refractivity contribution in [3.8, 4) is 0 Å². The summed E-state index contributed by atoms with van der Waals surface area (Å²) in [5.74, 6) is 2.31. The Bertz CT molecular complexity index is 297. The summed E-state index contributed by atoms with van der Waals surface area (Å²) in [6, 6.07) is 0.508. The third kappa shape index (κ3) is 1.87. The average Bonchev–Trinajstić information content (AvgIpc) is 2.77. The molecule has 1 fully saturated rings. The Morgan fingerprint density at radius 2 is 2.50 bits per heavy atom. The summed E-state index contributed by atoms with van der Waals surface area (Å²) < 4.78 is 2.00. The first kappa shape index (κ1) is 9.84. The lowest BCUT2D eigenvalue weighted by molar-refractivity contribution is 0.557. The number of aromatic nitrogens is 2. The van der Waals surface area contributed by atoms with Crippen molar-refractivity contribution in [3.63, 3.8) is 0 Å². The van der Waals surface area contributed by atoms with Gasteiger partial charge in [-0.25, -0.2) is 4.98 Å². The topological polar surface area (TPSA) is 29.9 Å². The van der Waals surface area contributed by atoms with Crippen molar-refractivity contribution in [2.24, 2.45) is 13.0 Å². The number of nitrogens with zero attached hydrogens (tertiary/aromatic N) is 2. The lowest BCUT2D eigenvalue weighted by Gasteiger charge is -2.19. The highest BCUT2D eigenvalue weighted by molar-refractivity contribution is 6.18. The summed E-state index contributed by atoms with van der Waals surface area (Å²) in [5, 5.41) is 3.46. The van der Waals surface area contributed by atoms with E-state index in [9.17, 15) is 0 Å². The van der Waals surface area contributed by atoms with Crippen molar-refractivity contribution >= 4 is 17.5 Å². The molecule has 3 nitrogen and oxygen atoms in total. The number of halogens is 1. The van der Waals surface area contributed by atoms with Crippen LogP contribution >= 0.6 is 11.6 Å². The van der Waals surface area contributed by atoms with E-state index < -0.39 is 0 Å². The molecule has 2 atom stereocenters. The van der Waals surface area contributed by atoms with Crippen LogP contribution in [0.1, 0.15) is 19.3 Å². The molecule has 1 aromatic rings. The summed E-state index contributed by atoms with van der Waals surface area (Å²) in [6.07, 6.45) is 7.50. The van der Waals surface area contributed by atoms with Gasteiger partial charge in [-0.05, 0) is 18.8 Å². The Morgan fingerprint density at radius 1 is 1.64 bits per heavy atom. The number of hydrogen-bond acceptors (Lipinski definition) is 2. The fourth-order valence-corrected chi connectivity index (χ4v) is 2.45. The van der Waals surface area contributed by atoms with Crippen LogP contribution in [0, 0.1) is 5.92 Å². The standard InChI is InChI=1S/C10H16ClN3/c1-14-6-5-12-10(14)13-9-4-2-3-8(9)7-11/h5-6,8-9H,2-4,7H2,1H3,(H,12,13). The van der Waals surface area contributed by atoms with Crippen molar-refractivity contribution in [1.29, 1.82) is 0 Å². The first-order chi connectivity index (χ1) is 6.81. The highest BCUT2D eigenvalue weighted by Crippen LogP contribution is 2.28. The van der Waals surface area contributed by atoms with Crippen molar-refractivity contribution in [2.45, 2.75) is 25.3 Å². The normalized spacial score (nSPS) is 26.7. The first-order valence-electron chi connectivity index (χ1n) is 5.11. The molecule has 1 heterocycles. The van der Waals surface area contributed by atoms with Gasteiger partial charge in [0.2, 0.25) is 5.95 Å². The minimum absolute atomic E-state index is 0.508. The second-order valence-electron chi connectivity index (χ2n) is 3.96. The van der Waals surface area contributed by atoms with Gasteiger partial charge in [0, 0.05) is 31.4 Å². The number of imidazole rings is 1. The Labute approximate surface area is 89.5 Å². The van der Waals surface area contributed by atoms with Crippen molar-refractivity contribution < 1.29 is 0 Å². The van der Waals surface area contributed by atoms with Crippen LogP contribution in [0.2, 0.25) is 0 Å². The van der Waals surface area contributed by atoms with E-state index in [-0.39, 0.29) is 0 Å². The fraction of sp³-hybridized carbons (Fsp3) is 0.700. The third-order valence-corrected chi connectivity index (χ3v) is 3.39. The minimum atomic E-state index is 0.508. The molecule has 0 saturated heterocycles. The number of rotatable bonds is 3. The zero-order valence-electron chi connectivity index (χ0n) is 8.41. The fourth-order valence-electron chi connectivity index (χ4n) is 2.08. The molecular formula is C10H16ClN3. The molecule has 2 rings (SSSR count). The van der Waals surface area contributed by atoms with Gasteiger partial charge in [0.05, 0.1) is 0 Å². The van der Waals surface area contributed by atoms with E-state index in [1.54, 1.807) is 0 Å². The van der Waals surface area contributed by atoms with Crippen LogP contribution in [0.3, 0.4) is 0 Å². The van der Waals surface area contributed by atoms with Crippen LogP contribution in [0.5, 0.6) is 0 Å². The zero-order chi connectivity index (χ0) is 9.97. The molecule has 1 saturated carbocycles. The molecular weight excluding hydrogens is 198 g/mol. The summed E-state index contributed by atoms with van der Waals surface area (Å²) in [7, 11) is 2.00. The highest BCUT2D eigenvalue weighted by atomic mass is 35.5. The summed E-state index contributed by atoms with van der Waals surface area (Å²) in [4.78, 5) is 4.26. The smallest absolute Gasteiger partial charge is 0.202 e. The van der Waals surface area contributed by atoms with Crippen LogP contribution in [-0.4, -0.2) is 21.5 Å². The average molecular weight is 214 g/mol. The molecule has 0 spiro atoms. The van der Waals surface area contributed by atoms with E-state index in [1.165, 1.54) is 19.3 Å². The van der Waals surface area contributed by atoms with Gasteiger partial charge in [0.15, 0.2) is 0 Å². The van der Waals surface area contributed by atoms with Gasteiger partial charge in [-0.15, -0.1) is 11.6 Å². The molecule has 1 N–H and O–H groups in total. The van der Waals surface area contributed by atoms with Gasteiger partial charge in [-0.3, -0.25) is 0 Å². The second kappa shape index (κ2) is 4.22. The van der Waals surface area contributed by atoms with Gasteiger partial charge in [-0.1, -0.05) is 6.42 Å². The third-order valence-electron chi connectivity index (χ3n) is 2.99. The van der Waals surface area contributed by atoms with E-state index >= 15 is 0 Å². The lowest BCUT2D eigenvalue weighted by atomic mass is 10.1. The summed E-state index contributed by atoms with van der Waals surface area (Å²) in [5.41, 5.74) is 0. The number of alkyl halides is 1. The number of aryl methyl sites for hydroxylation is 1. The van der Waals surface area contributed by atoms with Gasteiger partial charge >= 0.3 is 0 Å². The predicted octanol–water partition coefficient (Wildman–Crippen LogP) is 2.24. The van der Waals surface area contributed by atoms with Crippen LogP contribution in [0.15, 0.2) is 12.4 Å². The quantitative estimate of drug-likeness (QED) is 0.781. The van der Waals surface area contributed by atoms with Crippen LogP contribution in [0.25, 0.3) is 0 Å². The van der Waals surface area contributed by atoms with Crippen LogP contribution < -0.4 is 5.32 Å².